The summed E-state index contributed by atoms with van der Waals surface area (Å²) in [5.41, 5.74) is 1.69. The number of carbonyl (C=O) groups is 2. The van der Waals surface area contributed by atoms with E-state index in [0.717, 1.165) is 23.7 Å². The number of furan rings is 1. The van der Waals surface area contributed by atoms with Gasteiger partial charge in [-0.1, -0.05) is 0 Å². The summed E-state index contributed by atoms with van der Waals surface area (Å²) in [6.45, 7) is 2.56. The molecule has 0 saturated carbocycles. The molecule has 0 unspecified atom stereocenters. The Kier molecular flexibility index (Phi) is 5.46. The lowest BCUT2D eigenvalue weighted by Gasteiger charge is -2.24. The number of amides is 2. The van der Waals surface area contributed by atoms with E-state index in [9.17, 15) is 9.59 Å². The summed E-state index contributed by atoms with van der Waals surface area (Å²) >= 11 is 0. The fourth-order valence-corrected chi connectivity index (χ4v) is 3.75. The van der Waals surface area contributed by atoms with Crippen LogP contribution in [0.5, 0.6) is 0 Å². The van der Waals surface area contributed by atoms with E-state index < -0.39 is 6.04 Å². The Bertz CT molecular complexity index is 976. The molecule has 0 spiro atoms. The largest absolute Gasteiger partial charge is 0.469 e. The number of rotatable bonds is 6. The molecule has 29 heavy (non-hydrogen) atoms. The van der Waals surface area contributed by atoms with E-state index in [1.54, 1.807) is 17.4 Å². The number of benzene rings is 1. The summed E-state index contributed by atoms with van der Waals surface area (Å²) in [5, 5.41) is 2.95. The summed E-state index contributed by atoms with van der Waals surface area (Å²) in [4.78, 5) is 31.3. The fraction of sp³-hybridized carbons (Fsp3) is 0.318. The number of nitrogens with zero attached hydrogens (tertiary/aromatic N) is 3. The number of aryl methyl sites for hydroxylation is 2. The first kappa shape index (κ1) is 19.0. The molecule has 1 aromatic carbocycles. The van der Waals surface area contributed by atoms with Gasteiger partial charge in [0.1, 0.15) is 17.6 Å². The summed E-state index contributed by atoms with van der Waals surface area (Å²) in [6.07, 6.45) is 7.66. The van der Waals surface area contributed by atoms with Crippen LogP contribution in [0.15, 0.2) is 59.5 Å². The van der Waals surface area contributed by atoms with Gasteiger partial charge in [-0.25, -0.2) is 4.98 Å². The minimum Gasteiger partial charge on any atom is -0.469 e. The number of anilines is 1. The highest BCUT2D eigenvalue weighted by Crippen LogP contribution is 2.22. The number of aromatic nitrogens is 2. The van der Waals surface area contributed by atoms with Crippen LogP contribution >= 0.6 is 0 Å². The smallest absolute Gasteiger partial charge is 0.247 e. The van der Waals surface area contributed by atoms with E-state index in [1.165, 1.54) is 0 Å². The molecule has 150 valence electrons. The zero-order valence-corrected chi connectivity index (χ0v) is 16.4. The first-order chi connectivity index (χ1) is 14.1. The van der Waals surface area contributed by atoms with Crippen LogP contribution in [0.2, 0.25) is 0 Å². The van der Waals surface area contributed by atoms with Crippen molar-refractivity contribution >= 4 is 17.5 Å². The second kappa shape index (κ2) is 8.34. The highest BCUT2D eigenvalue weighted by atomic mass is 16.3. The van der Waals surface area contributed by atoms with E-state index in [2.05, 4.69) is 10.3 Å². The Morgan fingerprint density at radius 2 is 2.07 bits per heavy atom. The van der Waals surface area contributed by atoms with Gasteiger partial charge >= 0.3 is 0 Å². The van der Waals surface area contributed by atoms with Gasteiger partial charge in [0.25, 0.3) is 0 Å². The van der Waals surface area contributed by atoms with Crippen LogP contribution in [0.25, 0.3) is 5.69 Å². The third kappa shape index (κ3) is 4.23. The van der Waals surface area contributed by atoms with E-state index in [-0.39, 0.29) is 11.8 Å². The normalized spacial score (nSPS) is 16.2. The van der Waals surface area contributed by atoms with Crippen molar-refractivity contribution in [2.75, 3.05) is 11.9 Å². The molecule has 1 aliphatic heterocycles. The molecule has 2 amide bonds. The van der Waals surface area contributed by atoms with E-state index in [0.29, 0.717) is 31.5 Å². The minimum atomic E-state index is -0.422. The van der Waals surface area contributed by atoms with Crippen molar-refractivity contribution in [3.05, 3.63) is 66.6 Å². The quantitative estimate of drug-likeness (QED) is 0.698. The summed E-state index contributed by atoms with van der Waals surface area (Å²) in [6, 6.07) is 10.8. The van der Waals surface area contributed by atoms with Gasteiger partial charge in [-0.05, 0) is 56.2 Å². The minimum absolute atomic E-state index is 0.00928. The number of hydrogen-bond donors (Lipinski definition) is 1. The molecule has 0 aliphatic carbocycles. The molecule has 1 fully saturated rings. The molecule has 1 saturated heterocycles. The topological polar surface area (TPSA) is 80.4 Å². The van der Waals surface area contributed by atoms with Gasteiger partial charge in [-0.3, -0.25) is 9.59 Å². The van der Waals surface area contributed by atoms with Gasteiger partial charge in [0.05, 0.1) is 6.26 Å². The Morgan fingerprint density at radius 3 is 2.76 bits per heavy atom. The maximum Gasteiger partial charge on any atom is 0.247 e. The summed E-state index contributed by atoms with van der Waals surface area (Å²) in [7, 11) is 0. The third-order valence-corrected chi connectivity index (χ3v) is 5.28. The Labute approximate surface area is 169 Å². The molecule has 7 heteroatoms. The van der Waals surface area contributed by atoms with Gasteiger partial charge in [-0.2, -0.15) is 0 Å². The molecule has 1 atom stereocenters. The number of hydrogen-bond acceptors (Lipinski definition) is 4. The number of carbonyl (C=O) groups excluding carboxylic acids is 2. The van der Waals surface area contributed by atoms with Crippen LogP contribution in [-0.2, 0) is 16.0 Å². The second-order valence-electron chi connectivity index (χ2n) is 7.21. The molecule has 1 aliphatic rings. The van der Waals surface area contributed by atoms with Gasteiger partial charge in [0.15, 0.2) is 0 Å². The van der Waals surface area contributed by atoms with Crippen LogP contribution in [0.3, 0.4) is 0 Å². The van der Waals surface area contributed by atoms with Gasteiger partial charge in [0, 0.05) is 43.2 Å². The molecule has 0 radical (unpaired) electrons. The Balaban J connectivity index is 1.37. The average molecular weight is 392 g/mol. The zero-order chi connectivity index (χ0) is 20.2. The second-order valence-corrected chi connectivity index (χ2v) is 7.21. The molecule has 0 bridgehead atoms. The van der Waals surface area contributed by atoms with Gasteiger partial charge < -0.3 is 19.2 Å². The van der Waals surface area contributed by atoms with Crippen LogP contribution in [-0.4, -0.2) is 38.9 Å². The molecule has 3 aromatic rings. The Hall–Kier alpha value is -3.35. The maximum atomic E-state index is 12.8. The van der Waals surface area contributed by atoms with Crippen molar-refractivity contribution < 1.29 is 14.0 Å². The summed E-state index contributed by atoms with van der Waals surface area (Å²) in [5.74, 6) is 1.54. The van der Waals surface area contributed by atoms with Crippen LogP contribution in [0, 0.1) is 6.92 Å². The first-order valence-electron chi connectivity index (χ1n) is 9.85. The maximum absolute atomic E-state index is 12.8. The van der Waals surface area contributed by atoms with Gasteiger partial charge in [-0.15, -0.1) is 0 Å². The van der Waals surface area contributed by atoms with Crippen LogP contribution < -0.4 is 5.32 Å². The molecular formula is C22H24N4O3. The predicted octanol–water partition coefficient (Wildman–Crippen LogP) is 3.34. The number of imidazole rings is 1. The molecule has 1 N–H and O–H groups in total. The molecule has 7 nitrogen and oxygen atoms in total. The molecule has 4 rings (SSSR count). The lowest BCUT2D eigenvalue weighted by molar-refractivity contribution is -0.136. The van der Waals surface area contributed by atoms with Crippen molar-refractivity contribution in [2.24, 2.45) is 0 Å². The van der Waals surface area contributed by atoms with Crippen molar-refractivity contribution in [1.82, 2.24) is 14.5 Å². The monoisotopic (exact) mass is 392 g/mol. The summed E-state index contributed by atoms with van der Waals surface area (Å²) < 4.78 is 7.26. The highest BCUT2D eigenvalue weighted by molar-refractivity contribution is 5.97. The van der Waals surface area contributed by atoms with Crippen molar-refractivity contribution in [2.45, 2.75) is 38.6 Å². The van der Waals surface area contributed by atoms with Crippen LogP contribution in [0.4, 0.5) is 5.69 Å². The van der Waals surface area contributed by atoms with Crippen molar-refractivity contribution in [3.8, 4) is 5.69 Å². The SMILES string of the molecule is Cc1nccn1-c1ccc(NC(=O)[C@H]2CCCN2C(=O)CCc2ccco2)cc1. The fourth-order valence-electron chi connectivity index (χ4n) is 3.75. The highest BCUT2D eigenvalue weighted by Gasteiger charge is 2.33. The lowest BCUT2D eigenvalue weighted by Crippen LogP contribution is -2.43. The predicted molar refractivity (Wildman–Crippen MR) is 109 cm³/mol. The van der Waals surface area contributed by atoms with Gasteiger partial charge in [0.2, 0.25) is 11.8 Å². The molecule has 3 heterocycles. The average Bonchev–Trinajstić information content (AvgIpc) is 3.48. The van der Waals surface area contributed by atoms with E-state index >= 15 is 0 Å². The van der Waals surface area contributed by atoms with E-state index in [4.69, 9.17) is 4.42 Å². The Morgan fingerprint density at radius 1 is 1.24 bits per heavy atom. The van der Waals surface area contributed by atoms with Crippen LogP contribution in [0.1, 0.15) is 30.8 Å². The molecule has 2 aromatic heterocycles. The lowest BCUT2D eigenvalue weighted by atomic mass is 10.1. The standard InChI is InChI=1S/C22H24N4O3/c1-16-23-12-14-25(16)18-8-6-17(7-9-18)24-22(28)20-5-2-13-26(20)21(27)11-10-19-4-3-15-29-19/h3-4,6-9,12,14-15,20H,2,5,10-11,13H2,1H3,(H,24,28)/t20-/m1/s1. The molecular weight excluding hydrogens is 368 g/mol. The number of likely N-dealkylation sites (tertiary alicyclic amines) is 1. The van der Waals surface area contributed by atoms with E-state index in [1.807, 2.05) is 54.1 Å². The third-order valence-electron chi connectivity index (χ3n) is 5.28. The zero-order valence-electron chi connectivity index (χ0n) is 16.4. The first-order valence-corrected chi connectivity index (χ1v) is 9.85. The van der Waals surface area contributed by atoms with Crippen molar-refractivity contribution in [3.63, 3.8) is 0 Å². The number of nitrogens with one attached hydrogen (secondary N) is 1. The van der Waals surface area contributed by atoms with Crippen molar-refractivity contribution in [1.29, 1.82) is 0 Å².